The maximum Gasteiger partial charge on any atom is 0.232 e. The van der Waals surface area contributed by atoms with Gasteiger partial charge in [0.2, 0.25) is 12.1 Å². The second-order valence-electron chi connectivity index (χ2n) is 3.79. The number of ether oxygens (including phenoxy) is 1. The largest absolute Gasteiger partial charge is 0.449 e. The number of pyridine rings is 1. The molecule has 17 heavy (non-hydrogen) atoms. The summed E-state index contributed by atoms with van der Waals surface area (Å²) in [5.41, 5.74) is 0.879. The zero-order valence-corrected chi connectivity index (χ0v) is 11.8. The number of rotatable bonds is 4. The first-order valence-corrected chi connectivity index (χ1v) is 6.63. The standard InChI is InChI=1S/C11H13BrClN3O/c1-2-3-4-10-15-16(13)11(17-10)8-5-9(12)7-14-6-8/h5-7,11H,2-4H2,1H3. The fourth-order valence-corrected chi connectivity index (χ4v) is 2.17. The first-order chi connectivity index (χ1) is 8.20. The maximum atomic E-state index is 6.02. The number of hydrazone groups is 1. The third-order valence-corrected chi connectivity index (χ3v) is 3.09. The molecule has 0 bridgehead atoms. The van der Waals surface area contributed by atoms with E-state index in [1.807, 2.05) is 6.07 Å². The molecule has 0 aliphatic carbocycles. The second kappa shape index (κ2) is 5.69. The lowest BCUT2D eigenvalue weighted by atomic mass is 10.2. The van der Waals surface area contributed by atoms with Crippen molar-refractivity contribution in [2.24, 2.45) is 5.10 Å². The summed E-state index contributed by atoms with van der Waals surface area (Å²) >= 11 is 9.39. The number of hydrogen-bond donors (Lipinski definition) is 0. The minimum absolute atomic E-state index is 0.381. The topological polar surface area (TPSA) is 37.7 Å². The molecule has 0 saturated heterocycles. The molecule has 0 saturated carbocycles. The highest BCUT2D eigenvalue weighted by atomic mass is 79.9. The van der Waals surface area contributed by atoms with Gasteiger partial charge in [0, 0.05) is 40.6 Å². The molecular formula is C11H13BrClN3O. The summed E-state index contributed by atoms with van der Waals surface area (Å²) in [7, 11) is 0. The van der Waals surface area contributed by atoms with Gasteiger partial charge in [-0.05, 0) is 28.4 Å². The molecule has 2 heterocycles. The Bertz CT molecular complexity index is 427. The summed E-state index contributed by atoms with van der Waals surface area (Å²) in [5.74, 6) is 0.687. The summed E-state index contributed by atoms with van der Waals surface area (Å²) in [4.78, 5) is 4.09. The molecule has 1 unspecified atom stereocenters. The highest BCUT2D eigenvalue weighted by Crippen LogP contribution is 2.31. The van der Waals surface area contributed by atoms with Gasteiger partial charge in [0.05, 0.1) is 0 Å². The first-order valence-electron chi connectivity index (χ1n) is 5.50. The number of aromatic nitrogens is 1. The van der Waals surface area contributed by atoms with Crippen molar-refractivity contribution in [2.45, 2.75) is 32.4 Å². The lowest BCUT2D eigenvalue weighted by Crippen LogP contribution is -2.11. The van der Waals surface area contributed by atoms with E-state index < -0.39 is 0 Å². The summed E-state index contributed by atoms with van der Waals surface area (Å²) < 4.78 is 7.91. The van der Waals surface area contributed by atoms with E-state index in [4.69, 9.17) is 16.5 Å². The van der Waals surface area contributed by atoms with Gasteiger partial charge in [-0.3, -0.25) is 4.98 Å². The van der Waals surface area contributed by atoms with Crippen LogP contribution in [0.2, 0.25) is 0 Å². The lowest BCUT2D eigenvalue weighted by molar-refractivity contribution is 0.119. The molecule has 92 valence electrons. The number of hydrogen-bond acceptors (Lipinski definition) is 4. The van der Waals surface area contributed by atoms with Crippen LogP contribution in [0.5, 0.6) is 0 Å². The first kappa shape index (κ1) is 12.6. The molecule has 6 heteroatoms. The van der Waals surface area contributed by atoms with Gasteiger partial charge in [-0.1, -0.05) is 13.3 Å². The molecule has 1 aliphatic rings. The molecule has 1 atom stereocenters. The number of unbranched alkanes of at least 4 members (excludes halogenated alkanes) is 1. The van der Waals surface area contributed by atoms with Crippen molar-refractivity contribution in [3.63, 3.8) is 0 Å². The van der Waals surface area contributed by atoms with Crippen LogP contribution in [0.15, 0.2) is 28.0 Å². The number of nitrogens with zero attached hydrogens (tertiary/aromatic N) is 3. The molecule has 0 aromatic carbocycles. The Kier molecular flexibility index (Phi) is 4.23. The van der Waals surface area contributed by atoms with E-state index in [0.717, 1.165) is 29.3 Å². The van der Waals surface area contributed by atoms with E-state index in [1.54, 1.807) is 12.4 Å². The quantitative estimate of drug-likeness (QED) is 0.792. The zero-order valence-electron chi connectivity index (χ0n) is 9.44. The minimum atomic E-state index is -0.381. The summed E-state index contributed by atoms with van der Waals surface area (Å²) in [5, 5.41) is 4.16. The van der Waals surface area contributed by atoms with Crippen LogP contribution in [0.3, 0.4) is 0 Å². The third kappa shape index (κ3) is 3.10. The van der Waals surface area contributed by atoms with E-state index >= 15 is 0 Å². The SMILES string of the molecule is CCCCC1=NN(Cl)C(c2cncc(Br)c2)O1. The van der Waals surface area contributed by atoms with E-state index in [2.05, 4.69) is 32.9 Å². The summed E-state index contributed by atoms with van der Waals surface area (Å²) in [6.45, 7) is 2.13. The van der Waals surface area contributed by atoms with Gasteiger partial charge in [-0.2, -0.15) is 4.53 Å². The molecule has 2 rings (SSSR count). The smallest absolute Gasteiger partial charge is 0.232 e. The fourth-order valence-electron chi connectivity index (χ4n) is 1.55. The van der Waals surface area contributed by atoms with Crippen LogP contribution in [0, 0.1) is 0 Å². The van der Waals surface area contributed by atoms with Crippen LogP contribution in [0.25, 0.3) is 0 Å². The Labute approximate surface area is 114 Å². The van der Waals surface area contributed by atoms with Crippen molar-refractivity contribution in [1.29, 1.82) is 0 Å². The van der Waals surface area contributed by atoms with Crippen LogP contribution in [0.4, 0.5) is 0 Å². The monoisotopic (exact) mass is 317 g/mol. The van der Waals surface area contributed by atoms with E-state index in [9.17, 15) is 0 Å². The Morgan fingerprint density at radius 1 is 1.53 bits per heavy atom. The van der Waals surface area contributed by atoms with Crippen molar-refractivity contribution < 1.29 is 4.74 Å². The maximum absolute atomic E-state index is 6.02. The molecule has 0 fully saturated rings. The summed E-state index contributed by atoms with van der Waals surface area (Å²) in [6.07, 6.45) is 6.03. The van der Waals surface area contributed by atoms with Crippen LogP contribution in [-0.4, -0.2) is 15.4 Å². The summed E-state index contributed by atoms with van der Waals surface area (Å²) in [6, 6.07) is 1.92. The van der Waals surface area contributed by atoms with Crippen LogP contribution in [-0.2, 0) is 4.74 Å². The van der Waals surface area contributed by atoms with Gasteiger partial charge >= 0.3 is 0 Å². The highest BCUT2D eigenvalue weighted by molar-refractivity contribution is 9.10. The van der Waals surface area contributed by atoms with Crippen molar-refractivity contribution in [1.82, 2.24) is 9.51 Å². The lowest BCUT2D eigenvalue weighted by Gasteiger charge is -2.15. The van der Waals surface area contributed by atoms with Crippen molar-refractivity contribution in [3.05, 3.63) is 28.5 Å². The van der Waals surface area contributed by atoms with E-state index in [-0.39, 0.29) is 6.23 Å². The Balaban J connectivity index is 2.06. The van der Waals surface area contributed by atoms with E-state index in [1.165, 1.54) is 4.53 Å². The fraction of sp³-hybridized carbons (Fsp3) is 0.455. The zero-order chi connectivity index (χ0) is 12.3. The van der Waals surface area contributed by atoms with Crippen LogP contribution >= 0.6 is 27.7 Å². The molecule has 1 aromatic rings. The van der Waals surface area contributed by atoms with Gasteiger partial charge in [-0.25, -0.2) is 0 Å². The predicted molar refractivity (Wildman–Crippen MR) is 70.4 cm³/mol. The molecule has 1 aromatic heterocycles. The minimum Gasteiger partial charge on any atom is -0.449 e. The van der Waals surface area contributed by atoms with Crippen molar-refractivity contribution in [2.75, 3.05) is 0 Å². The van der Waals surface area contributed by atoms with Gasteiger partial charge in [0.25, 0.3) is 0 Å². The molecule has 0 radical (unpaired) electrons. The van der Waals surface area contributed by atoms with Crippen LogP contribution < -0.4 is 0 Å². The van der Waals surface area contributed by atoms with Crippen LogP contribution in [0.1, 0.15) is 38.0 Å². The predicted octanol–water partition coefficient (Wildman–Crippen LogP) is 3.83. The van der Waals surface area contributed by atoms with Crippen molar-refractivity contribution in [3.8, 4) is 0 Å². The average Bonchev–Trinajstić information content (AvgIpc) is 2.68. The average molecular weight is 319 g/mol. The Hall–Kier alpha value is -0.810. The van der Waals surface area contributed by atoms with Gasteiger partial charge in [-0.15, -0.1) is 5.10 Å². The molecule has 4 nitrogen and oxygen atoms in total. The molecular weight excluding hydrogens is 305 g/mol. The highest BCUT2D eigenvalue weighted by Gasteiger charge is 2.28. The molecule has 0 N–H and O–H groups in total. The van der Waals surface area contributed by atoms with Gasteiger partial charge in [0.1, 0.15) is 0 Å². The Morgan fingerprint density at radius 2 is 2.35 bits per heavy atom. The molecule has 1 aliphatic heterocycles. The second-order valence-corrected chi connectivity index (χ2v) is 5.05. The van der Waals surface area contributed by atoms with Crippen molar-refractivity contribution >= 4 is 33.6 Å². The normalized spacial score (nSPS) is 19.1. The number of halogens is 2. The molecule has 0 spiro atoms. The van der Waals surface area contributed by atoms with E-state index in [0.29, 0.717) is 5.90 Å². The molecule has 0 amide bonds. The third-order valence-electron chi connectivity index (χ3n) is 2.40. The van der Waals surface area contributed by atoms with Gasteiger partial charge < -0.3 is 4.74 Å². The Morgan fingerprint density at radius 3 is 3.06 bits per heavy atom. The van der Waals surface area contributed by atoms with Gasteiger partial charge in [0.15, 0.2) is 0 Å².